The van der Waals surface area contributed by atoms with Crippen LogP contribution in [0.1, 0.15) is 31.9 Å². The molecule has 0 spiro atoms. The van der Waals surface area contributed by atoms with Crippen LogP contribution >= 0.6 is 0 Å². The number of hydrogen-bond acceptors (Lipinski definition) is 5. The Morgan fingerprint density at radius 3 is 2.55 bits per heavy atom. The summed E-state index contributed by atoms with van der Waals surface area (Å²) >= 11 is -2.38. The molecule has 0 aromatic heterocycles. The number of amides is 1. The van der Waals surface area contributed by atoms with Gasteiger partial charge in [0, 0.05) is 20.1 Å². The van der Waals surface area contributed by atoms with Gasteiger partial charge in [-0.25, -0.2) is 9.86 Å². The van der Waals surface area contributed by atoms with Crippen molar-refractivity contribution >= 4 is 23.1 Å². The predicted octanol–water partition coefficient (Wildman–Crippen LogP) is 2.44. The number of carbonyl (C=O) groups excluding carboxylic acids is 1. The monoisotopic (exact) mass is 328 g/mol. The maximum Gasteiger partial charge on any atom is 0.410 e. The largest absolute Gasteiger partial charge is 0.444 e. The minimum absolute atomic E-state index is 0.355. The molecule has 1 aliphatic heterocycles. The lowest BCUT2D eigenvalue weighted by atomic mass is 10.1. The highest BCUT2D eigenvalue weighted by Crippen LogP contribution is 2.28. The summed E-state index contributed by atoms with van der Waals surface area (Å²) in [4.78, 5) is 13.7. The molecule has 0 aliphatic carbocycles. The molecule has 7 nitrogen and oxygen atoms in total. The maximum absolute atomic E-state index is 12.1. The Morgan fingerprint density at radius 1 is 1.32 bits per heavy atom. The van der Waals surface area contributed by atoms with Crippen LogP contribution in [0.25, 0.3) is 0 Å². The first-order valence-electron chi connectivity index (χ1n) is 6.78. The average molecular weight is 328 g/mol. The minimum atomic E-state index is -2.38. The van der Waals surface area contributed by atoms with Gasteiger partial charge in [0.25, 0.3) is 0 Å². The van der Waals surface area contributed by atoms with Gasteiger partial charge in [-0.05, 0) is 44.0 Å². The fraction of sp³-hybridized carbons (Fsp3) is 0.500. The first-order chi connectivity index (χ1) is 10.2. The number of nitrogens with zero attached hydrogens (tertiary/aromatic N) is 2. The van der Waals surface area contributed by atoms with Gasteiger partial charge in [0.2, 0.25) is 0 Å². The summed E-state index contributed by atoms with van der Waals surface area (Å²) in [5.41, 5.74) is 2.08. The highest BCUT2D eigenvalue weighted by molar-refractivity contribution is 7.74. The van der Waals surface area contributed by atoms with Crippen LogP contribution < -0.4 is 5.06 Å². The SMILES string of the molecule is CN(OS(=O)O)c1ccc2c(c1)CN(C(=O)OC(C)(C)C)C2. The Hall–Kier alpha value is -1.64. The Kier molecular flexibility index (Phi) is 4.74. The third-order valence-corrected chi connectivity index (χ3v) is 3.45. The molecular weight excluding hydrogens is 308 g/mol. The van der Waals surface area contributed by atoms with E-state index < -0.39 is 17.0 Å². The highest BCUT2D eigenvalue weighted by atomic mass is 32.2. The van der Waals surface area contributed by atoms with Crippen LogP contribution in [0.5, 0.6) is 0 Å². The Balaban J connectivity index is 2.08. The Morgan fingerprint density at radius 2 is 1.95 bits per heavy atom. The van der Waals surface area contributed by atoms with Gasteiger partial charge in [-0.3, -0.25) is 9.45 Å². The van der Waals surface area contributed by atoms with Gasteiger partial charge >= 0.3 is 17.5 Å². The Labute approximate surface area is 132 Å². The number of carbonyl (C=O) groups is 1. The quantitative estimate of drug-likeness (QED) is 0.678. The fourth-order valence-electron chi connectivity index (χ4n) is 2.17. The second-order valence-corrected chi connectivity index (χ2v) is 6.66. The molecule has 0 saturated carbocycles. The number of rotatable bonds is 3. The first kappa shape index (κ1) is 16.7. The van der Waals surface area contributed by atoms with E-state index in [0.29, 0.717) is 18.8 Å². The van der Waals surface area contributed by atoms with Gasteiger partial charge in [0.1, 0.15) is 5.60 Å². The molecule has 1 aromatic carbocycles. The molecule has 8 heteroatoms. The Bertz CT molecular complexity index is 599. The highest BCUT2D eigenvalue weighted by Gasteiger charge is 2.28. The first-order valence-corrected chi connectivity index (χ1v) is 7.81. The molecule has 1 amide bonds. The molecule has 1 heterocycles. The maximum atomic E-state index is 12.1. The summed E-state index contributed by atoms with van der Waals surface area (Å²) in [5.74, 6) is 0. The van der Waals surface area contributed by atoms with E-state index in [1.54, 1.807) is 11.0 Å². The fourth-order valence-corrected chi connectivity index (χ4v) is 2.45. The zero-order valence-corrected chi connectivity index (χ0v) is 13.8. The van der Waals surface area contributed by atoms with Crippen LogP contribution in [0, 0.1) is 0 Å². The van der Waals surface area contributed by atoms with Crippen molar-refractivity contribution in [2.45, 2.75) is 39.5 Å². The molecule has 122 valence electrons. The lowest BCUT2D eigenvalue weighted by molar-refractivity contribution is 0.0242. The number of hydrogen-bond donors (Lipinski definition) is 1. The number of anilines is 1. The molecule has 1 aromatic rings. The summed E-state index contributed by atoms with van der Waals surface area (Å²) in [5, 5.41) is 1.21. The van der Waals surface area contributed by atoms with E-state index >= 15 is 0 Å². The standard InChI is InChI=1S/C14H20N2O5S/c1-14(2,3)20-13(17)16-8-10-5-6-12(7-11(10)9-16)15(4)21-22(18)19/h5-7H,8-9H2,1-4H3,(H,18,19). The van der Waals surface area contributed by atoms with Crippen molar-refractivity contribution in [1.29, 1.82) is 0 Å². The van der Waals surface area contributed by atoms with Gasteiger partial charge in [0.05, 0.1) is 5.69 Å². The molecule has 1 N–H and O–H groups in total. The summed E-state index contributed by atoms with van der Waals surface area (Å²) in [6.45, 7) is 6.41. The number of ether oxygens (including phenoxy) is 1. The van der Waals surface area contributed by atoms with E-state index in [2.05, 4.69) is 0 Å². The van der Waals surface area contributed by atoms with Gasteiger partial charge in [-0.15, -0.1) is 4.28 Å². The molecule has 0 radical (unpaired) electrons. The summed E-state index contributed by atoms with van der Waals surface area (Å²) in [7, 11) is 1.54. The van der Waals surface area contributed by atoms with Crippen molar-refractivity contribution in [3.05, 3.63) is 29.3 Å². The third kappa shape index (κ3) is 4.19. The molecule has 1 atom stereocenters. The van der Waals surface area contributed by atoms with Crippen molar-refractivity contribution in [2.24, 2.45) is 0 Å². The summed E-state index contributed by atoms with van der Waals surface area (Å²) < 4.78 is 29.5. The molecular formula is C14H20N2O5S. The van der Waals surface area contributed by atoms with Gasteiger partial charge in [-0.1, -0.05) is 6.07 Å². The van der Waals surface area contributed by atoms with E-state index in [0.717, 1.165) is 11.1 Å². The smallest absolute Gasteiger partial charge is 0.410 e. The average Bonchev–Trinajstić information content (AvgIpc) is 2.78. The number of fused-ring (bicyclic) bond motifs is 1. The third-order valence-electron chi connectivity index (χ3n) is 3.10. The molecule has 0 fully saturated rings. The van der Waals surface area contributed by atoms with E-state index in [1.165, 1.54) is 12.1 Å². The van der Waals surface area contributed by atoms with Crippen molar-refractivity contribution in [3.8, 4) is 0 Å². The van der Waals surface area contributed by atoms with Crippen LogP contribution in [0.2, 0.25) is 0 Å². The van der Waals surface area contributed by atoms with Crippen molar-refractivity contribution < 1.29 is 22.6 Å². The van der Waals surface area contributed by atoms with Crippen molar-refractivity contribution in [1.82, 2.24) is 4.90 Å². The van der Waals surface area contributed by atoms with Crippen LogP contribution in [-0.4, -0.2) is 32.4 Å². The summed E-state index contributed by atoms with van der Waals surface area (Å²) in [6, 6.07) is 5.46. The number of benzene rings is 1. The van der Waals surface area contributed by atoms with Gasteiger partial charge < -0.3 is 4.74 Å². The van der Waals surface area contributed by atoms with E-state index in [1.807, 2.05) is 32.9 Å². The molecule has 0 saturated heterocycles. The van der Waals surface area contributed by atoms with Crippen LogP contribution in [0.3, 0.4) is 0 Å². The zero-order valence-electron chi connectivity index (χ0n) is 13.0. The predicted molar refractivity (Wildman–Crippen MR) is 82.2 cm³/mol. The lowest BCUT2D eigenvalue weighted by Gasteiger charge is -2.24. The van der Waals surface area contributed by atoms with Gasteiger partial charge in [0.15, 0.2) is 0 Å². The van der Waals surface area contributed by atoms with Crippen LogP contribution in [-0.2, 0) is 33.5 Å². The molecule has 22 heavy (non-hydrogen) atoms. The van der Waals surface area contributed by atoms with E-state index in [4.69, 9.17) is 13.6 Å². The zero-order chi connectivity index (χ0) is 16.5. The van der Waals surface area contributed by atoms with Crippen LogP contribution in [0.15, 0.2) is 18.2 Å². The normalized spacial score (nSPS) is 15.4. The van der Waals surface area contributed by atoms with E-state index in [9.17, 15) is 9.00 Å². The second-order valence-electron chi connectivity index (χ2n) is 6.08. The molecule has 2 rings (SSSR count). The summed E-state index contributed by atoms with van der Waals surface area (Å²) in [6.07, 6.45) is -0.355. The van der Waals surface area contributed by atoms with E-state index in [-0.39, 0.29) is 6.09 Å². The molecule has 1 aliphatic rings. The molecule has 1 unspecified atom stereocenters. The van der Waals surface area contributed by atoms with Crippen LogP contribution in [0.4, 0.5) is 10.5 Å². The second kappa shape index (κ2) is 6.23. The topological polar surface area (TPSA) is 79.3 Å². The number of hydroxylamine groups is 1. The molecule has 0 bridgehead atoms. The minimum Gasteiger partial charge on any atom is -0.444 e. The van der Waals surface area contributed by atoms with Crippen molar-refractivity contribution in [3.63, 3.8) is 0 Å². The van der Waals surface area contributed by atoms with Gasteiger partial charge in [-0.2, -0.15) is 4.21 Å². The van der Waals surface area contributed by atoms with Crippen molar-refractivity contribution in [2.75, 3.05) is 12.1 Å². The lowest BCUT2D eigenvalue weighted by Crippen LogP contribution is -2.33.